The van der Waals surface area contributed by atoms with Gasteiger partial charge in [-0.3, -0.25) is 9.36 Å². The summed E-state index contributed by atoms with van der Waals surface area (Å²) in [5, 5.41) is 0. The zero-order chi connectivity index (χ0) is 29.4. The molecule has 7 nitrogen and oxygen atoms in total. The number of rotatable bonds is 7. The van der Waals surface area contributed by atoms with Crippen LogP contribution in [0, 0.1) is 13.8 Å². The fourth-order valence-corrected chi connectivity index (χ4v) is 6.45. The highest BCUT2D eigenvalue weighted by Crippen LogP contribution is 2.32. The number of carbonyl (C=O) groups excluding carboxylic acids is 1. The SMILES string of the molecule is CCOc1ccc([C@H]2C(C(=O)OC(C)C)=C(C)N=c3s/c(=C/c4cc(C)n(-c5ccc(Br)cc5)c4C)c(=O)n32)cc1. The summed E-state index contributed by atoms with van der Waals surface area (Å²) in [6.07, 6.45) is 1.61. The minimum absolute atomic E-state index is 0.205. The number of allylic oxidation sites excluding steroid dienone is 1. The van der Waals surface area contributed by atoms with Gasteiger partial charge in [-0.25, -0.2) is 9.79 Å². The van der Waals surface area contributed by atoms with Crippen LogP contribution in [0.25, 0.3) is 11.8 Å². The third kappa shape index (κ3) is 5.61. The fraction of sp³-hybridized carbons (Fsp3) is 0.281. The van der Waals surface area contributed by atoms with E-state index in [2.05, 4.69) is 45.6 Å². The van der Waals surface area contributed by atoms with Crippen molar-refractivity contribution in [2.24, 2.45) is 4.99 Å². The Morgan fingerprint density at radius 3 is 2.41 bits per heavy atom. The van der Waals surface area contributed by atoms with Crippen molar-refractivity contribution in [2.45, 2.75) is 53.7 Å². The quantitative estimate of drug-likeness (QED) is 0.243. The monoisotopic (exact) mass is 633 g/mol. The van der Waals surface area contributed by atoms with Gasteiger partial charge in [-0.2, -0.15) is 0 Å². The highest BCUT2D eigenvalue weighted by molar-refractivity contribution is 9.10. The molecule has 0 spiro atoms. The van der Waals surface area contributed by atoms with Crippen LogP contribution in [-0.2, 0) is 9.53 Å². The van der Waals surface area contributed by atoms with Crippen LogP contribution in [0.1, 0.15) is 56.3 Å². The molecule has 1 aliphatic rings. The third-order valence-corrected chi connectivity index (χ3v) is 8.44. The molecule has 0 saturated heterocycles. The van der Waals surface area contributed by atoms with Crippen molar-refractivity contribution in [2.75, 3.05) is 6.61 Å². The Morgan fingerprint density at radius 1 is 1.10 bits per heavy atom. The number of carbonyl (C=O) groups is 1. The molecular formula is C32H32BrN3O4S. The van der Waals surface area contributed by atoms with Gasteiger partial charge in [0, 0.05) is 21.5 Å². The summed E-state index contributed by atoms with van der Waals surface area (Å²) in [6.45, 7) is 12.0. The van der Waals surface area contributed by atoms with E-state index in [0.29, 0.717) is 27.2 Å². The molecule has 0 saturated carbocycles. The lowest BCUT2D eigenvalue weighted by molar-refractivity contribution is -0.143. The average Bonchev–Trinajstić information content (AvgIpc) is 3.38. The number of esters is 1. The summed E-state index contributed by atoms with van der Waals surface area (Å²) in [7, 11) is 0. The van der Waals surface area contributed by atoms with Gasteiger partial charge in [0.2, 0.25) is 0 Å². The molecule has 5 rings (SSSR count). The highest BCUT2D eigenvalue weighted by atomic mass is 79.9. The summed E-state index contributed by atoms with van der Waals surface area (Å²) in [5.41, 5.74) is 5.54. The maximum Gasteiger partial charge on any atom is 0.338 e. The van der Waals surface area contributed by atoms with E-state index >= 15 is 0 Å². The Labute approximate surface area is 251 Å². The number of hydrogen-bond donors (Lipinski definition) is 0. The molecule has 3 heterocycles. The van der Waals surface area contributed by atoms with E-state index in [9.17, 15) is 9.59 Å². The van der Waals surface area contributed by atoms with Gasteiger partial charge in [0.15, 0.2) is 4.80 Å². The van der Waals surface area contributed by atoms with Crippen LogP contribution in [0.2, 0.25) is 0 Å². The van der Waals surface area contributed by atoms with E-state index < -0.39 is 12.0 Å². The Morgan fingerprint density at radius 2 is 1.78 bits per heavy atom. The summed E-state index contributed by atoms with van der Waals surface area (Å²) >= 11 is 4.82. The Balaban J connectivity index is 1.66. The second-order valence-corrected chi connectivity index (χ2v) is 12.1. The average molecular weight is 635 g/mol. The van der Waals surface area contributed by atoms with E-state index in [1.807, 2.05) is 56.3 Å². The molecule has 1 aliphatic heterocycles. The number of fused-ring (bicyclic) bond motifs is 1. The molecule has 0 amide bonds. The Bertz CT molecular complexity index is 1830. The summed E-state index contributed by atoms with van der Waals surface area (Å²) in [5.74, 6) is 0.240. The largest absolute Gasteiger partial charge is 0.494 e. The van der Waals surface area contributed by atoms with Crippen LogP contribution in [0.3, 0.4) is 0 Å². The number of hydrogen-bond acceptors (Lipinski definition) is 6. The zero-order valence-corrected chi connectivity index (χ0v) is 26.3. The van der Waals surface area contributed by atoms with Crippen LogP contribution in [0.4, 0.5) is 0 Å². The van der Waals surface area contributed by atoms with Crippen molar-refractivity contribution < 1.29 is 14.3 Å². The van der Waals surface area contributed by atoms with Gasteiger partial charge in [0.05, 0.1) is 34.6 Å². The van der Waals surface area contributed by atoms with Crippen LogP contribution in [0.15, 0.2) is 80.1 Å². The van der Waals surface area contributed by atoms with Crippen molar-refractivity contribution in [3.05, 3.63) is 113 Å². The number of aryl methyl sites for hydroxylation is 1. The van der Waals surface area contributed by atoms with Crippen molar-refractivity contribution in [3.8, 4) is 11.4 Å². The van der Waals surface area contributed by atoms with Crippen LogP contribution >= 0.6 is 27.3 Å². The van der Waals surface area contributed by atoms with E-state index in [1.165, 1.54) is 11.3 Å². The maximum atomic E-state index is 14.0. The zero-order valence-electron chi connectivity index (χ0n) is 23.9. The topological polar surface area (TPSA) is 74.8 Å². The number of thiazole rings is 1. The first-order chi connectivity index (χ1) is 19.6. The molecule has 1 atom stereocenters. The molecule has 0 bridgehead atoms. The van der Waals surface area contributed by atoms with E-state index in [1.54, 1.807) is 25.3 Å². The molecule has 41 heavy (non-hydrogen) atoms. The van der Waals surface area contributed by atoms with Crippen LogP contribution in [-0.4, -0.2) is 27.8 Å². The highest BCUT2D eigenvalue weighted by Gasteiger charge is 2.33. The molecule has 9 heteroatoms. The second-order valence-electron chi connectivity index (χ2n) is 10.2. The van der Waals surface area contributed by atoms with Gasteiger partial charge in [-0.05, 0) is 101 Å². The molecule has 0 radical (unpaired) electrons. The number of aromatic nitrogens is 2. The lowest BCUT2D eigenvalue weighted by atomic mass is 9.96. The number of nitrogens with zero attached hydrogens (tertiary/aromatic N) is 3. The normalized spacial score (nSPS) is 15.2. The molecular weight excluding hydrogens is 602 g/mol. The van der Waals surface area contributed by atoms with Crippen LogP contribution < -0.4 is 19.6 Å². The van der Waals surface area contributed by atoms with E-state index in [-0.39, 0.29) is 11.7 Å². The predicted molar refractivity (Wildman–Crippen MR) is 166 cm³/mol. The standard InChI is InChI=1S/C32H32BrN3O4S/c1-7-39-26-14-8-22(9-15-26)29-28(31(38)40-18(2)3)20(5)34-32-36(29)30(37)27(41-32)17-23-16-19(4)35(21(23)6)25-12-10-24(33)11-13-25/h8-18,29H,7H2,1-6H3/b27-17+/t29-/m0/s1. The van der Waals surface area contributed by atoms with Gasteiger partial charge in [-0.1, -0.05) is 39.4 Å². The summed E-state index contributed by atoms with van der Waals surface area (Å²) in [4.78, 5) is 32.6. The molecule has 0 fully saturated rings. The molecule has 0 N–H and O–H groups in total. The smallest absolute Gasteiger partial charge is 0.338 e. The van der Waals surface area contributed by atoms with Gasteiger partial charge >= 0.3 is 5.97 Å². The van der Waals surface area contributed by atoms with Crippen LogP contribution in [0.5, 0.6) is 5.75 Å². The molecule has 0 unspecified atom stereocenters. The molecule has 0 aliphatic carbocycles. The van der Waals surface area contributed by atoms with Crippen molar-refractivity contribution in [3.63, 3.8) is 0 Å². The van der Waals surface area contributed by atoms with Gasteiger partial charge in [-0.15, -0.1) is 0 Å². The molecule has 212 valence electrons. The van der Waals surface area contributed by atoms with Crippen molar-refractivity contribution in [1.29, 1.82) is 0 Å². The molecule has 2 aromatic carbocycles. The van der Waals surface area contributed by atoms with Crippen molar-refractivity contribution in [1.82, 2.24) is 9.13 Å². The first-order valence-electron chi connectivity index (χ1n) is 13.5. The third-order valence-electron chi connectivity index (χ3n) is 6.93. The molecule has 2 aromatic heterocycles. The molecule has 4 aromatic rings. The summed E-state index contributed by atoms with van der Waals surface area (Å²) < 4.78 is 16.6. The predicted octanol–water partition coefficient (Wildman–Crippen LogP) is 5.76. The Hall–Kier alpha value is -3.69. The number of halogens is 1. The van der Waals surface area contributed by atoms with Gasteiger partial charge in [0.25, 0.3) is 5.56 Å². The lowest BCUT2D eigenvalue weighted by Gasteiger charge is -2.25. The van der Waals surface area contributed by atoms with Crippen molar-refractivity contribution >= 4 is 39.3 Å². The second kappa shape index (κ2) is 11.7. The number of ether oxygens (including phenoxy) is 2. The lowest BCUT2D eigenvalue weighted by Crippen LogP contribution is -2.40. The van der Waals surface area contributed by atoms with Gasteiger partial charge < -0.3 is 14.0 Å². The maximum absolute atomic E-state index is 14.0. The van der Waals surface area contributed by atoms with Gasteiger partial charge in [0.1, 0.15) is 5.75 Å². The fourth-order valence-electron chi connectivity index (χ4n) is 5.15. The first-order valence-corrected chi connectivity index (χ1v) is 15.1. The minimum atomic E-state index is -0.675. The van der Waals surface area contributed by atoms with E-state index in [0.717, 1.165) is 38.4 Å². The Kier molecular flexibility index (Phi) is 8.20. The minimum Gasteiger partial charge on any atom is -0.494 e. The summed E-state index contributed by atoms with van der Waals surface area (Å²) in [6, 6.07) is 17.0. The first kappa shape index (κ1) is 28.8. The van der Waals surface area contributed by atoms with E-state index in [4.69, 9.17) is 14.5 Å². The number of benzene rings is 2.